The van der Waals surface area contributed by atoms with Crippen molar-refractivity contribution in [2.45, 2.75) is 32.9 Å². The van der Waals surface area contributed by atoms with Gasteiger partial charge in [0.05, 0.1) is 0 Å². The molecular weight excluding hydrogens is 235 g/mol. The average Bonchev–Trinajstić information content (AvgIpc) is 2.26. The van der Waals surface area contributed by atoms with E-state index in [0.717, 1.165) is 0 Å². The third kappa shape index (κ3) is 4.33. The van der Waals surface area contributed by atoms with Gasteiger partial charge in [-0.3, -0.25) is 4.79 Å². The number of rotatable bonds is 5. The molecule has 0 bridgehead atoms. The Balaban J connectivity index is 2.60. The first-order valence-electron chi connectivity index (χ1n) is 5.87. The number of hydrogen-bond donors (Lipinski definition) is 2. The highest BCUT2D eigenvalue weighted by Crippen LogP contribution is 2.20. The van der Waals surface area contributed by atoms with Gasteiger partial charge in [-0.1, -0.05) is 6.07 Å². The number of carbonyl (C=O) groups excluding carboxylic acids is 1. The molecule has 0 aliphatic carbocycles. The minimum atomic E-state index is -0.512. The molecule has 0 aromatic heterocycles. The lowest BCUT2D eigenvalue weighted by molar-refractivity contribution is -0.123. The summed E-state index contributed by atoms with van der Waals surface area (Å²) in [6, 6.07) is 4.28. The second-order valence-electron chi connectivity index (χ2n) is 4.49. The molecule has 1 amide bonds. The summed E-state index contributed by atoms with van der Waals surface area (Å²) >= 11 is 0. The Bertz CT molecular complexity index is 419. The van der Waals surface area contributed by atoms with E-state index in [0.29, 0.717) is 5.56 Å². The maximum atomic E-state index is 13.6. The predicted molar refractivity (Wildman–Crippen MR) is 67.8 cm³/mol. The molecule has 0 fully saturated rings. The molecule has 0 saturated heterocycles. The van der Waals surface area contributed by atoms with Crippen molar-refractivity contribution in [1.29, 1.82) is 0 Å². The van der Waals surface area contributed by atoms with E-state index in [9.17, 15) is 9.18 Å². The van der Waals surface area contributed by atoms with Crippen molar-refractivity contribution in [3.63, 3.8) is 0 Å². The summed E-state index contributed by atoms with van der Waals surface area (Å²) in [4.78, 5) is 11.3. The lowest BCUT2D eigenvalue weighted by atomic mass is 10.1. The summed E-state index contributed by atoms with van der Waals surface area (Å²) in [7, 11) is 0. The number of halogens is 1. The van der Waals surface area contributed by atoms with Gasteiger partial charge < -0.3 is 15.8 Å². The zero-order valence-corrected chi connectivity index (χ0v) is 10.9. The topological polar surface area (TPSA) is 64.3 Å². The summed E-state index contributed by atoms with van der Waals surface area (Å²) in [5.41, 5.74) is 6.32. The lowest BCUT2D eigenvalue weighted by Crippen LogP contribution is -2.34. The lowest BCUT2D eigenvalue weighted by Gasteiger charge is -2.11. The van der Waals surface area contributed by atoms with E-state index in [1.807, 2.05) is 13.8 Å². The second-order valence-corrected chi connectivity index (χ2v) is 4.49. The fraction of sp³-hybridized carbons (Fsp3) is 0.462. The van der Waals surface area contributed by atoms with E-state index in [1.54, 1.807) is 13.0 Å². The van der Waals surface area contributed by atoms with Crippen molar-refractivity contribution in [1.82, 2.24) is 5.32 Å². The van der Waals surface area contributed by atoms with Gasteiger partial charge in [-0.15, -0.1) is 0 Å². The molecule has 1 aromatic rings. The second kappa shape index (κ2) is 6.35. The Morgan fingerprint density at radius 2 is 2.11 bits per heavy atom. The largest absolute Gasteiger partial charge is 0.481 e. The quantitative estimate of drug-likeness (QED) is 0.841. The molecule has 4 nitrogen and oxygen atoms in total. The Kier molecular flexibility index (Phi) is 5.09. The van der Waals surface area contributed by atoms with Crippen molar-refractivity contribution >= 4 is 5.91 Å². The smallest absolute Gasteiger partial charge is 0.258 e. The average molecular weight is 254 g/mol. The number of hydrogen-bond acceptors (Lipinski definition) is 3. The van der Waals surface area contributed by atoms with Crippen LogP contribution in [0.3, 0.4) is 0 Å². The number of benzene rings is 1. The zero-order chi connectivity index (χ0) is 13.7. The van der Waals surface area contributed by atoms with Gasteiger partial charge in [0.15, 0.2) is 18.2 Å². The molecule has 0 aliphatic rings. The van der Waals surface area contributed by atoms with Gasteiger partial charge in [0.2, 0.25) is 0 Å². The van der Waals surface area contributed by atoms with E-state index in [2.05, 4.69) is 5.32 Å². The van der Waals surface area contributed by atoms with Crippen LogP contribution >= 0.6 is 0 Å². The highest BCUT2D eigenvalue weighted by molar-refractivity contribution is 5.77. The first kappa shape index (κ1) is 14.4. The van der Waals surface area contributed by atoms with Crippen molar-refractivity contribution in [2.75, 3.05) is 6.61 Å². The maximum Gasteiger partial charge on any atom is 0.258 e. The number of amides is 1. The molecule has 1 aromatic carbocycles. The summed E-state index contributed by atoms with van der Waals surface area (Å²) in [5, 5.41) is 2.66. The summed E-state index contributed by atoms with van der Waals surface area (Å²) in [6.07, 6.45) is 0. The summed E-state index contributed by atoms with van der Waals surface area (Å²) < 4.78 is 18.7. The number of ether oxygens (including phenoxy) is 1. The molecule has 0 spiro atoms. The van der Waals surface area contributed by atoms with Crippen molar-refractivity contribution < 1.29 is 13.9 Å². The van der Waals surface area contributed by atoms with E-state index < -0.39 is 5.82 Å². The van der Waals surface area contributed by atoms with E-state index in [4.69, 9.17) is 10.5 Å². The normalized spacial score (nSPS) is 12.3. The van der Waals surface area contributed by atoms with E-state index >= 15 is 0 Å². The fourth-order valence-electron chi connectivity index (χ4n) is 1.42. The molecule has 5 heteroatoms. The van der Waals surface area contributed by atoms with Crippen LogP contribution in [0.4, 0.5) is 4.39 Å². The number of nitrogens with one attached hydrogen (secondary N) is 1. The molecule has 18 heavy (non-hydrogen) atoms. The highest BCUT2D eigenvalue weighted by atomic mass is 19.1. The van der Waals surface area contributed by atoms with Gasteiger partial charge >= 0.3 is 0 Å². The van der Waals surface area contributed by atoms with Crippen LogP contribution < -0.4 is 15.8 Å². The number of nitrogens with two attached hydrogens (primary N) is 1. The van der Waals surface area contributed by atoms with Gasteiger partial charge in [0.1, 0.15) is 0 Å². The summed E-state index contributed by atoms with van der Waals surface area (Å²) in [5.74, 6) is -0.735. The molecule has 1 atom stereocenters. The molecule has 0 aliphatic heterocycles. The fourth-order valence-corrected chi connectivity index (χ4v) is 1.42. The molecule has 3 N–H and O–H groups in total. The van der Waals surface area contributed by atoms with Gasteiger partial charge in [-0.2, -0.15) is 0 Å². The molecule has 0 heterocycles. The predicted octanol–water partition coefficient (Wildman–Crippen LogP) is 1.75. The maximum absolute atomic E-state index is 13.6. The third-order valence-corrected chi connectivity index (χ3v) is 2.29. The number of carbonyl (C=O) groups is 1. The van der Waals surface area contributed by atoms with Crippen molar-refractivity contribution in [3.05, 3.63) is 29.6 Å². The van der Waals surface area contributed by atoms with Crippen LogP contribution in [0.15, 0.2) is 18.2 Å². The van der Waals surface area contributed by atoms with Crippen molar-refractivity contribution in [3.8, 4) is 5.75 Å². The Labute approximate surface area is 106 Å². The molecular formula is C13H19FN2O2. The molecule has 0 radical (unpaired) electrons. The molecule has 0 unspecified atom stereocenters. The van der Waals surface area contributed by atoms with Crippen LogP contribution in [0, 0.1) is 5.82 Å². The van der Waals surface area contributed by atoms with Crippen LogP contribution in [-0.4, -0.2) is 18.6 Å². The minimum absolute atomic E-state index is 0.0337. The van der Waals surface area contributed by atoms with Crippen LogP contribution in [0.1, 0.15) is 32.4 Å². The molecule has 1 rings (SSSR count). The third-order valence-electron chi connectivity index (χ3n) is 2.29. The van der Waals surface area contributed by atoms with Gasteiger partial charge in [-0.05, 0) is 38.5 Å². The van der Waals surface area contributed by atoms with Gasteiger partial charge in [0.25, 0.3) is 5.91 Å². The van der Waals surface area contributed by atoms with Crippen LogP contribution in [-0.2, 0) is 4.79 Å². The zero-order valence-electron chi connectivity index (χ0n) is 10.9. The van der Waals surface area contributed by atoms with E-state index in [1.165, 1.54) is 12.1 Å². The monoisotopic (exact) mass is 254 g/mol. The van der Waals surface area contributed by atoms with Crippen LogP contribution in [0.5, 0.6) is 5.75 Å². The highest BCUT2D eigenvalue weighted by Gasteiger charge is 2.09. The molecule has 100 valence electrons. The Morgan fingerprint density at radius 3 is 2.61 bits per heavy atom. The Morgan fingerprint density at radius 1 is 1.44 bits per heavy atom. The minimum Gasteiger partial charge on any atom is -0.481 e. The molecule has 0 saturated carbocycles. The van der Waals surface area contributed by atoms with Crippen LogP contribution in [0.25, 0.3) is 0 Å². The SMILES string of the molecule is CC(C)NC(=O)COc1ccc([C@H](C)N)cc1F. The summed E-state index contributed by atoms with van der Waals surface area (Å²) in [6.45, 7) is 5.25. The van der Waals surface area contributed by atoms with Gasteiger partial charge in [-0.25, -0.2) is 4.39 Å². The first-order chi connectivity index (χ1) is 8.40. The standard InChI is InChI=1S/C13H19FN2O2/c1-8(2)16-13(17)7-18-12-5-4-10(9(3)15)6-11(12)14/h4-6,8-9H,7,15H2,1-3H3,(H,16,17)/t9-/m0/s1. The Hall–Kier alpha value is -1.62. The van der Waals surface area contributed by atoms with Crippen LogP contribution in [0.2, 0.25) is 0 Å². The van der Waals surface area contributed by atoms with Crippen molar-refractivity contribution in [2.24, 2.45) is 5.73 Å². The first-order valence-corrected chi connectivity index (χ1v) is 5.87. The van der Waals surface area contributed by atoms with Gasteiger partial charge in [0, 0.05) is 12.1 Å². The van der Waals surface area contributed by atoms with E-state index in [-0.39, 0.29) is 30.3 Å².